The summed E-state index contributed by atoms with van der Waals surface area (Å²) in [6, 6.07) is 6.98. The van der Waals surface area contributed by atoms with E-state index in [1.807, 2.05) is 6.07 Å². The second kappa shape index (κ2) is 5.52. The van der Waals surface area contributed by atoms with Crippen LogP contribution in [-0.4, -0.2) is 31.4 Å². The first-order valence-corrected chi connectivity index (χ1v) is 6.22. The van der Waals surface area contributed by atoms with Crippen LogP contribution in [0.5, 0.6) is 0 Å². The molecule has 1 aromatic rings. The molecule has 0 aromatic heterocycles. The summed E-state index contributed by atoms with van der Waals surface area (Å²) in [5, 5.41) is 9.18. The average Bonchev–Trinajstić information content (AvgIpc) is 3.14. The molecule has 0 saturated heterocycles. The number of rotatable bonds is 6. The molecule has 17 heavy (non-hydrogen) atoms. The van der Waals surface area contributed by atoms with Crippen LogP contribution in [0.2, 0.25) is 0 Å². The first-order valence-electron chi connectivity index (χ1n) is 6.22. The molecular weight excluding hydrogens is 214 g/mol. The predicted molar refractivity (Wildman–Crippen MR) is 69.3 cm³/mol. The minimum atomic E-state index is 0.119. The van der Waals surface area contributed by atoms with Crippen molar-refractivity contribution < 1.29 is 9.84 Å². The molecule has 1 aromatic carbocycles. The Kier molecular flexibility index (Phi) is 4.02. The third kappa shape index (κ3) is 2.99. The molecule has 94 valence electrons. The predicted octanol–water partition coefficient (Wildman–Crippen LogP) is 2.10. The van der Waals surface area contributed by atoms with Crippen molar-refractivity contribution in [3.63, 3.8) is 0 Å². The van der Waals surface area contributed by atoms with E-state index >= 15 is 0 Å². The van der Waals surface area contributed by atoms with E-state index in [0.717, 1.165) is 24.3 Å². The van der Waals surface area contributed by atoms with Crippen molar-refractivity contribution in [1.29, 1.82) is 0 Å². The number of aryl methyl sites for hydroxylation is 1. The van der Waals surface area contributed by atoms with Gasteiger partial charge in [-0.3, -0.25) is 0 Å². The van der Waals surface area contributed by atoms with Crippen molar-refractivity contribution >= 4 is 5.69 Å². The first-order chi connectivity index (χ1) is 8.26. The second-order valence-electron chi connectivity index (χ2n) is 4.69. The molecule has 0 unspecified atom stereocenters. The number of nitrogens with zero attached hydrogens (tertiary/aromatic N) is 1. The highest BCUT2D eigenvalue weighted by Gasteiger charge is 2.29. The Morgan fingerprint density at radius 3 is 2.71 bits per heavy atom. The van der Waals surface area contributed by atoms with Crippen molar-refractivity contribution in [2.24, 2.45) is 0 Å². The monoisotopic (exact) mass is 235 g/mol. The first kappa shape index (κ1) is 12.4. The van der Waals surface area contributed by atoms with E-state index in [1.54, 1.807) is 7.11 Å². The number of ether oxygens (including phenoxy) is 1. The summed E-state index contributed by atoms with van der Waals surface area (Å²) < 4.78 is 5.17. The van der Waals surface area contributed by atoms with Gasteiger partial charge in [-0.2, -0.15) is 0 Å². The van der Waals surface area contributed by atoms with Gasteiger partial charge in [0.25, 0.3) is 0 Å². The highest BCUT2D eigenvalue weighted by Crippen LogP contribution is 2.32. The topological polar surface area (TPSA) is 32.7 Å². The smallest absolute Gasteiger partial charge is 0.0684 e. The van der Waals surface area contributed by atoms with Crippen LogP contribution in [0, 0.1) is 6.92 Å². The lowest BCUT2D eigenvalue weighted by molar-refractivity contribution is 0.205. The normalized spacial score (nSPS) is 15.0. The van der Waals surface area contributed by atoms with Gasteiger partial charge in [0, 0.05) is 25.4 Å². The van der Waals surface area contributed by atoms with Gasteiger partial charge in [0.1, 0.15) is 0 Å². The molecule has 0 aliphatic heterocycles. The molecule has 0 spiro atoms. The standard InChI is InChI=1S/C14H21NO2/c1-11-9-14(4-3-12(11)10-16)15(7-8-17-2)13-5-6-13/h3-4,9,13,16H,5-8,10H2,1-2H3. The van der Waals surface area contributed by atoms with Crippen LogP contribution in [0.1, 0.15) is 24.0 Å². The largest absolute Gasteiger partial charge is 0.392 e. The third-order valence-corrected chi connectivity index (χ3v) is 3.35. The molecule has 0 bridgehead atoms. The lowest BCUT2D eigenvalue weighted by atomic mass is 10.1. The van der Waals surface area contributed by atoms with Gasteiger partial charge in [-0.25, -0.2) is 0 Å². The van der Waals surface area contributed by atoms with Gasteiger partial charge >= 0.3 is 0 Å². The molecule has 1 aliphatic rings. The number of hydrogen-bond acceptors (Lipinski definition) is 3. The van der Waals surface area contributed by atoms with Crippen LogP contribution in [0.15, 0.2) is 18.2 Å². The minimum absolute atomic E-state index is 0.119. The summed E-state index contributed by atoms with van der Waals surface area (Å²) in [5.74, 6) is 0. The molecule has 1 saturated carbocycles. The van der Waals surface area contributed by atoms with E-state index in [-0.39, 0.29) is 6.61 Å². The number of anilines is 1. The summed E-state index contributed by atoms with van der Waals surface area (Å²) >= 11 is 0. The minimum Gasteiger partial charge on any atom is -0.392 e. The fourth-order valence-corrected chi connectivity index (χ4v) is 2.13. The third-order valence-electron chi connectivity index (χ3n) is 3.35. The summed E-state index contributed by atoms with van der Waals surface area (Å²) in [7, 11) is 1.74. The molecule has 0 atom stereocenters. The summed E-state index contributed by atoms with van der Waals surface area (Å²) in [6.07, 6.45) is 2.56. The number of aliphatic hydroxyl groups excluding tert-OH is 1. The lowest BCUT2D eigenvalue weighted by Gasteiger charge is -2.25. The highest BCUT2D eigenvalue weighted by atomic mass is 16.5. The zero-order chi connectivity index (χ0) is 12.3. The molecule has 3 nitrogen and oxygen atoms in total. The van der Waals surface area contributed by atoms with E-state index in [2.05, 4.69) is 24.0 Å². The van der Waals surface area contributed by atoms with Crippen LogP contribution >= 0.6 is 0 Å². The molecule has 0 heterocycles. The Bertz CT molecular complexity index is 374. The molecule has 0 radical (unpaired) electrons. The van der Waals surface area contributed by atoms with Crippen LogP contribution < -0.4 is 4.90 Å². The quantitative estimate of drug-likeness (QED) is 0.819. The van der Waals surface area contributed by atoms with E-state index in [1.165, 1.54) is 18.5 Å². The van der Waals surface area contributed by atoms with Crippen molar-refractivity contribution in [2.75, 3.05) is 25.2 Å². The van der Waals surface area contributed by atoms with E-state index in [9.17, 15) is 5.11 Å². The van der Waals surface area contributed by atoms with Gasteiger partial charge in [0.2, 0.25) is 0 Å². The van der Waals surface area contributed by atoms with Crippen molar-refractivity contribution in [3.05, 3.63) is 29.3 Å². The number of aliphatic hydroxyl groups is 1. The molecule has 2 rings (SSSR count). The Balaban J connectivity index is 2.14. The SMILES string of the molecule is COCCN(c1ccc(CO)c(C)c1)C1CC1. The fourth-order valence-electron chi connectivity index (χ4n) is 2.13. The van der Waals surface area contributed by atoms with Gasteiger partial charge in [-0.15, -0.1) is 0 Å². The van der Waals surface area contributed by atoms with Gasteiger partial charge < -0.3 is 14.7 Å². The van der Waals surface area contributed by atoms with Gasteiger partial charge in [-0.1, -0.05) is 6.07 Å². The average molecular weight is 235 g/mol. The Labute approximate surface area is 103 Å². The maximum Gasteiger partial charge on any atom is 0.0684 e. The maximum absolute atomic E-state index is 9.18. The van der Waals surface area contributed by atoms with Crippen molar-refractivity contribution in [1.82, 2.24) is 0 Å². The maximum atomic E-state index is 9.18. The molecule has 1 N–H and O–H groups in total. The zero-order valence-electron chi connectivity index (χ0n) is 10.6. The van der Waals surface area contributed by atoms with Crippen molar-refractivity contribution in [2.45, 2.75) is 32.4 Å². The van der Waals surface area contributed by atoms with Gasteiger partial charge in [0.05, 0.1) is 13.2 Å². The number of benzene rings is 1. The Hall–Kier alpha value is -1.06. The zero-order valence-corrected chi connectivity index (χ0v) is 10.6. The van der Waals surface area contributed by atoms with Gasteiger partial charge in [0.15, 0.2) is 0 Å². The van der Waals surface area contributed by atoms with Crippen molar-refractivity contribution in [3.8, 4) is 0 Å². The molecular formula is C14H21NO2. The molecule has 0 amide bonds. The van der Waals surface area contributed by atoms with E-state index in [0.29, 0.717) is 6.04 Å². The molecule has 3 heteroatoms. The summed E-state index contributed by atoms with van der Waals surface area (Å²) in [6.45, 7) is 3.88. The Morgan fingerprint density at radius 2 is 2.18 bits per heavy atom. The van der Waals surface area contributed by atoms with Gasteiger partial charge in [-0.05, 0) is 43.0 Å². The van der Waals surface area contributed by atoms with Crippen LogP contribution in [0.4, 0.5) is 5.69 Å². The summed E-state index contributed by atoms with van der Waals surface area (Å²) in [5.41, 5.74) is 3.42. The van der Waals surface area contributed by atoms with E-state index in [4.69, 9.17) is 4.74 Å². The lowest BCUT2D eigenvalue weighted by Crippen LogP contribution is -2.29. The molecule has 1 fully saturated rings. The Morgan fingerprint density at radius 1 is 1.41 bits per heavy atom. The fraction of sp³-hybridized carbons (Fsp3) is 0.571. The van der Waals surface area contributed by atoms with Crippen LogP contribution in [-0.2, 0) is 11.3 Å². The van der Waals surface area contributed by atoms with Crippen LogP contribution in [0.25, 0.3) is 0 Å². The summed E-state index contributed by atoms with van der Waals surface area (Å²) in [4.78, 5) is 2.41. The number of hydrogen-bond donors (Lipinski definition) is 1. The molecule has 1 aliphatic carbocycles. The van der Waals surface area contributed by atoms with E-state index < -0.39 is 0 Å². The second-order valence-corrected chi connectivity index (χ2v) is 4.69. The van der Waals surface area contributed by atoms with Crippen LogP contribution in [0.3, 0.4) is 0 Å². The number of methoxy groups -OCH3 is 1. The highest BCUT2D eigenvalue weighted by molar-refractivity contribution is 5.52.